The van der Waals surface area contributed by atoms with Gasteiger partial charge < -0.3 is 15.4 Å². The van der Waals surface area contributed by atoms with E-state index in [0.717, 1.165) is 0 Å². The fourth-order valence-corrected chi connectivity index (χ4v) is 2.66. The lowest BCUT2D eigenvalue weighted by atomic mass is 9.96. The summed E-state index contributed by atoms with van der Waals surface area (Å²) in [5.41, 5.74) is 5.89. The van der Waals surface area contributed by atoms with Crippen LogP contribution in [0.5, 0.6) is 11.8 Å². The van der Waals surface area contributed by atoms with Crippen LogP contribution >= 0.6 is 0 Å². The van der Waals surface area contributed by atoms with E-state index in [0.29, 0.717) is 37.2 Å². The Labute approximate surface area is 139 Å². The number of primary amides is 1. The molecule has 1 saturated heterocycles. The van der Waals surface area contributed by atoms with Crippen molar-refractivity contribution in [2.24, 2.45) is 11.7 Å². The molecule has 2 heterocycles. The number of piperidine rings is 1. The molecule has 1 aromatic heterocycles. The molecule has 1 aliphatic heterocycles. The highest BCUT2D eigenvalue weighted by Crippen LogP contribution is 2.21. The summed E-state index contributed by atoms with van der Waals surface area (Å²) in [6, 6.07) is 8.79. The largest absolute Gasteiger partial charge is 0.424 e. The highest BCUT2D eigenvalue weighted by molar-refractivity contribution is 5.94. The maximum Gasteiger partial charge on any atom is 0.321 e. The third kappa shape index (κ3) is 3.68. The summed E-state index contributed by atoms with van der Waals surface area (Å²) >= 11 is 0. The Morgan fingerprint density at radius 1 is 1.08 bits per heavy atom. The van der Waals surface area contributed by atoms with Gasteiger partial charge >= 0.3 is 6.01 Å². The Hall–Kier alpha value is -2.96. The number of hydrogen-bond acceptors (Lipinski definition) is 5. The first-order chi connectivity index (χ1) is 11.6. The second kappa shape index (κ2) is 7.08. The van der Waals surface area contributed by atoms with Gasteiger partial charge in [0.15, 0.2) is 0 Å². The van der Waals surface area contributed by atoms with Crippen LogP contribution in [0.15, 0.2) is 42.7 Å². The molecule has 124 valence electrons. The molecule has 0 aliphatic carbocycles. The highest BCUT2D eigenvalue weighted by Gasteiger charge is 2.26. The second-order valence-electron chi connectivity index (χ2n) is 5.63. The Balaban J connectivity index is 1.61. The number of nitrogens with zero attached hydrogens (tertiary/aromatic N) is 3. The van der Waals surface area contributed by atoms with Crippen LogP contribution in [0.4, 0.5) is 0 Å². The van der Waals surface area contributed by atoms with Gasteiger partial charge in [-0.3, -0.25) is 9.59 Å². The fourth-order valence-electron chi connectivity index (χ4n) is 2.66. The molecule has 2 amide bonds. The normalized spacial score (nSPS) is 15.1. The summed E-state index contributed by atoms with van der Waals surface area (Å²) < 4.78 is 5.50. The molecule has 0 unspecified atom stereocenters. The van der Waals surface area contributed by atoms with Crippen LogP contribution in [-0.4, -0.2) is 39.8 Å². The fraction of sp³-hybridized carbons (Fsp3) is 0.294. The van der Waals surface area contributed by atoms with Crippen molar-refractivity contribution in [2.45, 2.75) is 12.8 Å². The Morgan fingerprint density at radius 3 is 2.29 bits per heavy atom. The van der Waals surface area contributed by atoms with Crippen molar-refractivity contribution in [2.75, 3.05) is 13.1 Å². The predicted octanol–water partition coefficient (Wildman–Crippen LogP) is 1.61. The summed E-state index contributed by atoms with van der Waals surface area (Å²) in [7, 11) is 0. The van der Waals surface area contributed by atoms with Crippen molar-refractivity contribution in [3.05, 3.63) is 48.3 Å². The number of aromatic nitrogens is 2. The molecule has 24 heavy (non-hydrogen) atoms. The number of carbonyl (C=O) groups is 2. The first-order valence-corrected chi connectivity index (χ1v) is 7.77. The van der Waals surface area contributed by atoms with E-state index in [2.05, 4.69) is 9.97 Å². The number of benzene rings is 1. The summed E-state index contributed by atoms with van der Waals surface area (Å²) in [4.78, 5) is 33.4. The molecule has 0 atom stereocenters. The molecule has 0 saturated carbocycles. The molecular formula is C17H18N4O3. The Morgan fingerprint density at radius 2 is 1.71 bits per heavy atom. The minimum Gasteiger partial charge on any atom is -0.424 e. The van der Waals surface area contributed by atoms with Crippen molar-refractivity contribution >= 4 is 11.8 Å². The smallest absolute Gasteiger partial charge is 0.321 e. The number of likely N-dealkylation sites (tertiary alicyclic amines) is 1. The van der Waals surface area contributed by atoms with E-state index in [1.165, 1.54) is 0 Å². The van der Waals surface area contributed by atoms with Crippen LogP contribution in [0.2, 0.25) is 0 Å². The van der Waals surface area contributed by atoms with Crippen LogP contribution in [0.1, 0.15) is 23.2 Å². The van der Waals surface area contributed by atoms with Crippen molar-refractivity contribution in [3.63, 3.8) is 0 Å². The van der Waals surface area contributed by atoms with E-state index in [-0.39, 0.29) is 23.7 Å². The van der Waals surface area contributed by atoms with Gasteiger partial charge in [-0.15, -0.1) is 0 Å². The first-order valence-electron chi connectivity index (χ1n) is 7.77. The highest BCUT2D eigenvalue weighted by atomic mass is 16.5. The molecule has 3 rings (SSSR count). The topological polar surface area (TPSA) is 98.4 Å². The lowest BCUT2D eigenvalue weighted by molar-refractivity contribution is -0.123. The number of nitrogens with two attached hydrogens (primary N) is 1. The van der Waals surface area contributed by atoms with E-state index < -0.39 is 0 Å². The van der Waals surface area contributed by atoms with Crippen LogP contribution in [-0.2, 0) is 4.79 Å². The van der Waals surface area contributed by atoms with E-state index in [1.807, 2.05) is 0 Å². The first kappa shape index (κ1) is 15.9. The molecule has 0 radical (unpaired) electrons. The average molecular weight is 326 g/mol. The molecule has 2 aromatic rings. The zero-order valence-electron chi connectivity index (χ0n) is 13.1. The van der Waals surface area contributed by atoms with Crippen LogP contribution < -0.4 is 10.5 Å². The lowest BCUT2D eigenvalue weighted by Crippen LogP contribution is -2.41. The number of hydrogen-bond donors (Lipinski definition) is 1. The standard InChI is InChI=1S/C17H18N4O3/c18-15(22)12-6-10-21(11-7-12)16(23)13-2-4-14(5-3-13)24-17-19-8-1-9-20-17/h1-5,8-9,12H,6-7,10-11H2,(H2,18,22). The number of amides is 2. The third-order valence-electron chi connectivity index (χ3n) is 4.04. The van der Waals surface area contributed by atoms with Crippen LogP contribution in [0.25, 0.3) is 0 Å². The van der Waals surface area contributed by atoms with Gasteiger partial charge in [-0.25, -0.2) is 9.97 Å². The van der Waals surface area contributed by atoms with Crippen molar-refractivity contribution in [3.8, 4) is 11.8 Å². The van der Waals surface area contributed by atoms with Gasteiger partial charge in [0.05, 0.1) is 0 Å². The van der Waals surface area contributed by atoms with Gasteiger partial charge in [-0.05, 0) is 43.2 Å². The molecule has 7 nitrogen and oxygen atoms in total. The number of rotatable bonds is 4. The summed E-state index contributed by atoms with van der Waals surface area (Å²) in [5.74, 6) is 0.0908. The molecular weight excluding hydrogens is 308 g/mol. The van der Waals surface area contributed by atoms with Gasteiger partial charge in [0.25, 0.3) is 5.91 Å². The van der Waals surface area contributed by atoms with Crippen molar-refractivity contribution in [1.29, 1.82) is 0 Å². The van der Waals surface area contributed by atoms with Gasteiger partial charge in [0.1, 0.15) is 5.75 Å². The van der Waals surface area contributed by atoms with E-state index >= 15 is 0 Å². The zero-order chi connectivity index (χ0) is 16.9. The minimum atomic E-state index is -0.285. The monoisotopic (exact) mass is 326 g/mol. The van der Waals surface area contributed by atoms with Crippen LogP contribution in [0, 0.1) is 5.92 Å². The van der Waals surface area contributed by atoms with Gasteiger partial charge in [-0.2, -0.15) is 0 Å². The lowest BCUT2D eigenvalue weighted by Gasteiger charge is -2.30. The Kier molecular flexibility index (Phi) is 4.69. The summed E-state index contributed by atoms with van der Waals surface area (Å²) in [6.07, 6.45) is 4.42. The van der Waals surface area contributed by atoms with Crippen LogP contribution in [0.3, 0.4) is 0 Å². The molecule has 1 aliphatic rings. The molecule has 1 aromatic carbocycles. The Bertz CT molecular complexity index is 710. The maximum atomic E-state index is 12.5. The van der Waals surface area contributed by atoms with E-state index in [1.54, 1.807) is 47.6 Å². The summed E-state index contributed by atoms with van der Waals surface area (Å²) in [5, 5.41) is 0. The number of ether oxygens (including phenoxy) is 1. The molecule has 2 N–H and O–H groups in total. The van der Waals surface area contributed by atoms with Gasteiger partial charge in [-0.1, -0.05) is 0 Å². The minimum absolute atomic E-state index is 0.0552. The predicted molar refractivity (Wildman–Crippen MR) is 86.4 cm³/mol. The summed E-state index contributed by atoms with van der Waals surface area (Å²) in [6.45, 7) is 1.09. The quantitative estimate of drug-likeness (QED) is 0.920. The maximum absolute atomic E-state index is 12.5. The average Bonchev–Trinajstić information content (AvgIpc) is 2.63. The molecule has 1 fully saturated rings. The van der Waals surface area contributed by atoms with E-state index in [4.69, 9.17) is 10.5 Å². The van der Waals surface area contributed by atoms with Gasteiger partial charge in [0.2, 0.25) is 5.91 Å². The van der Waals surface area contributed by atoms with Crippen molar-refractivity contribution < 1.29 is 14.3 Å². The third-order valence-corrected chi connectivity index (χ3v) is 4.04. The molecule has 0 spiro atoms. The zero-order valence-corrected chi connectivity index (χ0v) is 13.1. The van der Waals surface area contributed by atoms with E-state index in [9.17, 15) is 9.59 Å². The SMILES string of the molecule is NC(=O)C1CCN(C(=O)c2ccc(Oc3ncccn3)cc2)CC1. The molecule has 0 bridgehead atoms. The molecule has 7 heteroatoms. The van der Waals surface area contributed by atoms with Gasteiger partial charge in [0, 0.05) is 37.0 Å². The second-order valence-corrected chi connectivity index (χ2v) is 5.63. The van der Waals surface area contributed by atoms with Crippen molar-refractivity contribution in [1.82, 2.24) is 14.9 Å². The number of carbonyl (C=O) groups excluding carboxylic acids is 2.